The zero-order chi connectivity index (χ0) is 13.8. The van der Waals surface area contributed by atoms with Crippen molar-refractivity contribution in [2.24, 2.45) is 0 Å². The predicted molar refractivity (Wildman–Crippen MR) is 83.6 cm³/mol. The van der Waals surface area contributed by atoms with Crippen LogP contribution >= 0.6 is 12.2 Å². The highest BCUT2D eigenvalue weighted by molar-refractivity contribution is 7.80. The van der Waals surface area contributed by atoms with Gasteiger partial charge >= 0.3 is 0 Å². The van der Waals surface area contributed by atoms with Crippen LogP contribution in [0.3, 0.4) is 0 Å². The Morgan fingerprint density at radius 3 is 2.68 bits per heavy atom. The van der Waals surface area contributed by atoms with E-state index in [-0.39, 0.29) is 12.2 Å². The molecule has 1 N–H and O–H groups in total. The standard InChI is InChI=1S/C15H22N2OS/c1-4-13-6-5-7-14(8-13)16-15(19)17-9-11(2)18-12(3)10-17/h5-8,11-12H,4,9-10H2,1-3H3,(H,16,19)/t11-,12-/m0/s1. The van der Waals surface area contributed by atoms with Crippen LogP contribution in [0, 0.1) is 0 Å². The van der Waals surface area contributed by atoms with Gasteiger partial charge in [0.25, 0.3) is 0 Å². The second-order valence-corrected chi connectivity index (χ2v) is 5.53. The Bertz CT molecular complexity index is 440. The van der Waals surface area contributed by atoms with E-state index in [0.717, 1.165) is 30.3 Å². The number of hydrogen-bond acceptors (Lipinski definition) is 2. The Morgan fingerprint density at radius 2 is 2.05 bits per heavy atom. The van der Waals surface area contributed by atoms with Crippen LogP contribution in [0.15, 0.2) is 24.3 Å². The Kier molecular flexibility index (Phi) is 4.77. The molecule has 19 heavy (non-hydrogen) atoms. The zero-order valence-corrected chi connectivity index (χ0v) is 12.7. The number of rotatable bonds is 2. The van der Waals surface area contributed by atoms with Crippen LogP contribution in [0.5, 0.6) is 0 Å². The van der Waals surface area contributed by atoms with Gasteiger partial charge in [0.15, 0.2) is 5.11 Å². The van der Waals surface area contributed by atoms with Gasteiger partial charge in [0, 0.05) is 18.8 Å². The van der Waals surface area contributed by atoms with E-state index in [1.54, 1.807) is 0 Å². The first-order valence-electron chi connectivity index (χ1n) is 6.88. The molecule has 2 rings (SSSR count). The van der Waals surface area contributed by atoms with Crippen LogP contribution in [0.1, 0.15) is 26.3 Å². The molecule has 4 heteroatoms. The number of aryl methyl sites for hydroxylation is 1. The highest BCUT2D eigenvalue weighted by Gasteiger charge is 2.23. The van der Waals surface area contributed by atoms with Crippen molar-refractivity contribution in [1.82, 2.24) is 4.90 Å². The number of thiocarbonyl (C=S) groups is 1. The number of ether oxygens (including phenoxy) is 1. The van der Waals surface area contributed by atoms with E-state index in [2.05, 4.69) is 55.3 Å². The van der Waals surface area contributed by atoms with Gasteiger partial charge < -0.3 is 15.0 Å². The molecule has 0 aliphatic carbocycles. The first kappa shape index (κ1) is 14.3. The lowest BCUT2D eigenvalue weighted by Crippen LogP contribution is -2.49. The summed E-state index contributed by atoms with van der Waals surface area (Å²) in [5.74, 6) is 0. The van der Waals surface area contributed by atoms with E-state index in [4.69, 9.17) is 17.0 Å². The van der Waals surface area contributed by atoms with Gasteiger partial charge in [0.05, 0.1) is 12.2 Å². The second kappa shape index (κ2) is 6.35. The molecular formula is C15H22N2OS. The lowest BCUT2D eigenvalue weighted by atomic mass is 10.1. The number of anilines is 1. The Balaban J connectivity index is 2.00. The summed E-state index contributed by atoms with van der Waals surface area (Å²) in [7, 11) is 0. The maximum atomic E-state index is 5.72. The summed E-state index contributed by atoms with van der Waals surface area (Å²) in [6.07, 6.45) is 1.49. The SMILES string of the molecule is CCc1cccc(NC(=S)N2C[C@H](C)O[C@@H](C)C2)c1. The molecule has 1 heterocycles. The third kappa shape index (κ3) is 3.91. The normalized spacial score (nSPS) is 23.2. The second-order valence-electron chi connectivity index (χ2n) is 5.15. The summed E-state index contributed by atoms with van der Waals surface area (Å²) in [5, 5.41) is 4.12. The Labute approximate surface area is 120 Å². The molecule has 0 saturated carbocycles. The van der Waals surface area contributed by atoms with Gasteiger partial charge in [-0.25, -0.2) is 0 Å². The molecule has 0 amide bonds. The van der Waals surface area contributed by atoms with E-state index in [1.165, 1.54) is 5.56 Å². The van der Waals surface area contributed by atoms with Crippen LogP contribution in [0.4, 0.5) is 5.69 Å². The lowest BCUT2D eigenvalue weighted by Gasteiger charge is -2.36. The topological polar surface area (TPSA) is 24.5 Å². The molecule has 0 radical (unpaired) electrons. The number of nitrogens with zero attached hydrogens (tertiary/aromatic N) is 1. The third-order valence-corrected chi connectivity index (χ3v) is 3.65. The summed E-state index contributed by atoms with van der Waals surface area (Å²) >= 11 is 5.50. The van der Waals surface area contributed by atoms with E-state index in [0.29, 0.717) is 0 Å². The highest BCUT2D eigenvalue weighted by atomic mass is 32.1. The molecule has 1 fully saturated rings. The maximum Gasteiger partial charge on any atom is 0.173 e. The number of benzene rings is 1. The van der Waals surface area contributed by atoms with E-state index < -0.39 is 0 Å². The summed E-state index contributed by atoms with van der Waals surface area (Å²) in [5.41, 5.74) is 2.38. The van der Waals surface area contributed by atoms with Gasteiger partial charge in [0.2, 0.25) is 0 Å². The van der Waals surface area contributed by atoms with Gasteiger partial charge in [-0.05, 0) is 50.2 Å². The largest absolute Gasteiger partial charge is 0.372 e. The molecule has 1 aromatic rings. The summed E-state index contributed by atoms with van der Waals surface area (Å²) < 4.78 is 5.72. The average molecular weight is 278 g/mol. The van der Waals surface area contributed by atoms with Crippen LogP contribution in [-0.4, -0.2) is 35.3 Å². The number of morpholine rings is 1. The van der Waals surface area contributed by atoms with Crippen molar-refractivity contribution in [1.29, 1.82) is 0 Å². The molecule has 1 aliphatic heterocycles. The summed E-state index contributed by atoms with van der Waals surface area (Å²) in [6.45, 7) is 8.03. The molecule has 0 aromatic heterocycles. The molecule has 3 nitrogen and oxygen atoms in total. The summed E-state index contributed by atoms with van der Waals surface area (Å²) in [6, 6.07) is 8.40. The first-order chi connectivity index (χ1) is 9.08. The van der Waals surface area contributed by atoms with Crippen molar-refractivity contribution in [3.05, 3.63) is 29.8 Å². The first-order valence-corrected chi connectivity index (χ1v) is 7.29. The molecular weight excluding hydrogens is 256 g/mol. The monoisotopic (exact) mass is 278 g/mol. The maximum absolute atomic E-state index is 5.72. The smallest absolute Gasteiger partial charge is 0.173 e. The van der Waals surface area contributed by atoms with Crippen LogP contribution < -0.4 is 5.32 Å². The van der Waals surface area contributed by atoms with Gasteiger partial charge in [-0.3, -0.25) is 0 Å². The highest BCUT2D eigenvalue weighted by Crippen LogP contribution is 2.15. The van der Waals surface area contributed by atoms with Crippen molar-refractivity contribution < 1.29 is 4.74 Å². The minimum absolute atomic E-state index is 0.227. The van der Waals surface area contributed by atoms with E-state index in [1.807, 2.05) is 0 Å². The lowest BCUT2D eigenvalue weighted by molar-refractivity contribution is -0.0473. The summed E-state index contributed by atoms with van der Waals surface area (Å²) in [4.78, 5) is 2.19. The quantitative estimate of drug-likeness (QED) is 0.840. The minimum atomic E-state index is 0.227. The van der Waals surface area contributed by atoms with Gasteiger partial charge in [-0.2, -0.15) is 0 Å². The zero-order valence-electron chi connectivity index (χ0n) is 11.8. The van der Waals surface area contributed by atoms with Crippen LogP contribution in [0.25, 0.3) is 0 Å². The van der Waals surface area contributed by atoms with Crippen molar-refractivity contribution in [3.8, 4) is 0 Å². The van der Waals surface area contributed by atoms with Crippen LogP contribution in [0.2, 0.25) is 0 Å². The van der Waals surface area contributed by atoms with Crippen molar-refractivity contribution in [3.63, 3.8) is 0 Å². The molecule has 1 saturated heterocycles. The predicted octanol–water partition coefficient (Wildman–Crippen LogP) is 3.06. The molecule has 2 atom stereocenters. The Morgan fingerprint density at radius 1 is 1.37 bits per heavy atom. The molecule has 104 valence electrons. The molecule has 1 aromatic carbocycles. The number of hydrogen-bond donors (Lipinski definition) is 1. The molecule has 1 aliphatic rings. The molecule has 0 unspecified atom stereocenters. The van der Waals surface area contributed by atoms with Gasteiger partial charge in [-0.1, -0.05) is 19.1 Å². The fraction of sp³-hybridized carbons (Fsp3) is 0.533. The van der Waals surface area contributed by atoms with Gasteiger partial charge in [0.1, 0.15) is 0 Å². The van der Waals surface area contributed by atoms with Gasteiger partial charge in [-0.15, -0.1) is 0 Å². The average Bonchev–Trinajstić information content (AvgIpc) is 2.37. The van der Waals surface area contributed by atoms with E-state index in [9.17, 15) is 0 Å². The van der Waals surface area contributed by atoms with Crippen molar-refractivity contribution in [2.45, 2.75) is 39.4 Å². The number of nitrogens with one attached hydrogen (secondary N) is 1. The van der Waals surface area contributed by atoms with E-state index >= 15 is 0 Å². The third-order valence-electron chi connectivity index (χ3n) is 3.29. The van der Waals surface area contributed by atoms with Crippen molar-refractivity contribution >= 4 is 23.0 Å². The minimum Gasteiger partial charge on any atom is -0.372 e. The molecule has 0 spiro atoms. The fourth-order valence-electron chi connectivity index (χ4n) is 2.42. The van der Waals surface area contributed by atoms with Crippen molar-refractivity contribution in [2.75, 3.05) is 18.4 Å². The fourth-order valence-corrected chi connectivity index (χ4v) is 2.68. The Hall–Kier alpha value is -1.13. The van der Waals surface area contributed by atoms with Crippen LogP contribution in [-0.2, 0) is 11.2 Å². The molecule has 0 bridgehead atoms.